The Labute approximate surface area is 98.3 Å². The van der Waals surface area contributed by atoms with E-state index in [9.17, 15) is 0 Å². The van der Waals surface area contributed by atoms with Crippen molar-refractivity contribution in [2.75, 3.05) is 13.2 Å². The van der Waals surface area contributed by atoms with Crippen LogP contribution in [0.15, 0.2) is 18.3 Å². The molecule has 0 radical (unpaired) electrons. The van der Waals surface area contributed by atoms with Crippen molar-refractivity contribution in [1.82, 2.24) is 14.5 Å². The Morgan fingerprint density at radius 3 is 3.06 bits per heavy atom. The summed E-state index contributed by atoms with van der Waals surface area (Å²) in [5, 5.41) is 0. The van der Waals surface area contributed by atoms with Gasteiger partial charge in [-0.15, -0.1) is 0 Å². The third kappa shape index (κ3) is 1.56. The number of pyridine rings is 1. The molecule has 0 saturated carbocycles. The van der Waals surface area contributed by atoms with Crippen LogP contribution in [0.5, 0.6) is 0 Å². The highest BCUT2D eigenvalue weighted by Crippen LogP contribution is 2.25. The van der Waals surface area contributed by atoms with E-state index in [0.29, 0.717) is 6.04 Å². The Morgan fingerprint density at radius 1 is 1.44 bits per heavy atom. The van der Waals surface area contributed by atoms with Crippen LogP contribution in [-0.2, 0) is 4.74 Å². The van der Waals surface area contributed by atoms with Gasteiger partial charge >= 0.3 is 0 Å². The number of hydrogen-bond acceptors (Lipinski definition) is 3. The molecule has 4 nitrogen and oxygen atoms in total. The summed E-state index contributed by atoms with van der Waals surface area (Å²) in [4.78, 5) is 7.60. The minimum absolute atomic E-state index is 0.421. The normalized spacial score (nSPS) is 18.0. The highest BCUT2D eigenvalue weighted by Gasteiger charge is 2.19. The largest absolute Gasteiger partial charge is 0.381 e. The quantitative estimate of drug-likeness (QED) is 0.772. The van der Waals surface area contributed by atoms with Gasteiger partial charge in [-0.1, -0.05) is 0 Å². The zero-order valence-corrected chi connectivity index (χ0v) is 9.67. The van der Waals surface area contributed by atoms with Crippen LogP contribution < -0.4 is 0 Å². The van der Waals surface area contributed by atoms with Gasteiger partial charge in [-0.25, -0.2) is 4.98 Å². The van der Waals surface area contributed by atoms with Crippen molar-refractivity contribution in [3.05, 3.63) is 23.1 Å². The van der Waals surface area contributed by atoms with E-state index >= 15 is 0 Å². The molecule has 2 aromatic heterocycles. The van der Waals surface area contributed by atoms with Gasteiger partial charge in [-0.05, 0) is 37.2 Å². The predicted molar refractivity (Wildman–Crippen MR) is 64.0 cm³/mol. The van der Waals surface area contributed by atoms with Crippen molar-refractivity contribution in [2.24, 2.45) is 0 Å². The molecule has 0 amide bonds. The van der Waals surface area contributed by atoms with Crippen LogP contribution >= 0.6 is 12.2 Å². The predicted octanol–water partition coefficient (Wildman–Crippen LogP) is 2.45. The molecule has 0 bridgehead atoms. The molecular formula is C11H13N3OS. The standard InChI is InChI=1S/C11H13N3OS/c16-11-13-9-2-1-5-12-10(9)14(11)8-3-6-15-7-4-8/h1-2,5,8H,3-4,6-7H2,(H,13,16). The zero-order valence-electron chi connectivity index (χ0n) is 8.85. The van der Waals surface area contributed by atoms with Crippen molar-refractivity contribution in [3.8, 4) is 0 Å². The van der Waals surface area contributed by atoms with E-state index in [-0.39, 0.29) is 0 Å². The van der Waals surface area contributed by atoms with Gasteiger partial charge in [0.1, 0.15) is 0 Å². The molecule has 0 spiro atoms. The third-order valence-electron chi connectivity index (χ3n) is 3.03. The van der Waals surface area contributed by atoms with Crippen LogP contribution in [0.1, 0.15) is 18.9 Å². The second-order valence-electron chi connectivity index (χ2n) is 4.02. The van der Waals surface area contributed by atoms with Gasteiger partial charge in [0.15, 0.2) is 10.4 Å². The molecule has 1 fully saturated rings. The molecule has 1 aliphatic rings. The maximum Gasteiger partial charge on any atom is 0.179 e. The maximum atomic E-state index is 5.37. The van der Waals surface area contributed by atoms with E-state index in [0.717, 1.165) is 42.0 Å². The summed E-state index contributed by atoms with van der Waals surface area (Å²) in [5.74, 6) is 0. The smallest absolute Gasteiger partial charge is 0.179 e. The number of fused-ring (bicyclic) bond motifs is 1. The molecule has 0 atom stereocenters. The minimum atomic E-state index is 0.421. The van der Waals surface area contributed by atoms with Crippen molar-refractivity contribution in [2.45, 2.75) is 18.9 Å². The lowest BCUT2D eigenvalue weighted by Crippen LogP contribution is -2.19. The molecule has 2 aromatic rings. The fourth-order valence-corrected chi connectivity index (χ4v) is 2.59. The molecule has 0 unspecified atom stereocenters. The maximum absolute atomic E-state index is 5.37. The minimum Gasteiger partial charge on any atom is -0.381 e. The van der Waals surface area contributed by atoms with Gasteiger partial charge in [0, 0.05) is 25.5 Å². The fourth-order valence-electron chi connectivity index (χ4n) is 2.24. The molecular weight excluding hydrogens is 222 g/mol. The lowest BCUT2D eigenvalue weighted by molar-refractivity contribution is 0.0701. The van der Waals surface area contributed by atoms with Crippen LogP contribution in [0.2, 0.25) is 0 Å². The first-order valence-corrected chi connectivity index (χ1v) is 5.90. The van der Waals surface area contributed by atoms with Gasteiger partial charge in [0.2, 0.25) is 0 Å². The second-order valence-corrected chi connectivity index (χ2v) is 4.40. The van der Waals surface area contributed by atoms with Gasteiger partial charge in [-0.3, -0.25) is 4.57 Å². The Kier molecular flexibility index (Phi) is 2.49. The van der Waals surface area contributed by atoms with Crippen molar-refractivity contribution < 1.29 is 4.74 Å². The highest BCUT2D eigenvalue weighted by molar-refractivity contribution is 7.71. The number of aromatic nitrogens is 3. The number of hydrogen-bond donors (Lipinski definition) is 1. The molecule has 1 aliphatic heterocycles. The number of aromatic amines is 1. The van der Waals surface area contributed by atoms with Gasteiger partial charge in [0.05, 0.1) is 5.52 Å². The number of H-pyrrole nitrogens is 1. The lowest BCUT2D eigenvalue weighted by atomic mass is 10.1. The Balaban J connectivity index is 2.14. The summed E-state index contributed by atoms with van der Waals surface area (Å²) >= 11 is 5.36. The number of nitrogens with one attached hydrogen (secondary N) is 1. The summed E-state index contributed by atoms with van der Waals surface area (Å²) in [5.41, 5.74) is 1.97. The number of nitrogens with zero attached hydrogens (tertiary/aromatic N) is 2. The van der Waals surface area contributed by atoms with Crippen LogP contribution in [-0.4, -0.2) is 27.7 Å². The first-order valence-electron chi connectivity index (χ1n) is 5.49. The number of imidazole rings is 1. The fraction of sp³-hybridized carbons (Fsp3) is 0.455. The van der Waals surface area contributed by atoms with E-state index in [1.807, 2.05) is 12.1 Å². The van der Waals surface area contributed by atoms with Crippen molar-refractivity contribution >= 4 is 23.4 Å². The SMILES string of the molecule is S=c1[nH]c2cccnc2n1C1CCOCC1. The molecule has 0 aromatic carbocycles. The average molecular weight is 235 g/mol. The van der Waals surface area contributed by atoms with E-state index in [1.54, 1.807) is 6.20 Å². The van der Waals surface area contributed by atoms with E-state index in [1.165, 1.54) is 0 Å². The summed E-state index contributed by atoms with van der Waals surface area (Å²) < 4.78 is 8.27. The molecule has 16 heavy (non-hydrogen) atoms. The van der Waals surface area contributed by atoms with Crippen LogP contribution in [0.3, 0.4) is 0 Å². The number of rotatable bonds is 1. The van der Waals surface area contributed by atoms with Crippen LogP contribution in [0.4, 0.5) is 0 Å². The molecule has 1 saturated heterocycles. The zero-order chi connectivity index (χ0) is 11.0. The summed E-state index contributed by atoms with van der Waals surface area (Å²) in [7, 11) is 0. The highest BCUT2D eigenvalue weighted by atomic mass is 32.1. The van der Waals surface area contributed by atoms with E-state index < -0.39 is 0 Å². The Bertz CT molecular complexity index is 554. The number of ether oxygens (including phenoxy) is 1. The first-order chi connectivity index (χ1) is 7.86. The average Bonchev–Trinajstić information content (AvgIpc) is 2.66. The third-order valence-corrected chi connectivity index (χ3v) is 3.33. The van der Waals surface area contributed by atoms with E-state index in [4.69, 9.17) is 17.0 Å². The summed E-state index contributed by atoms with van der Waals surface area (Å²) in [6, 6.07) is 4.35. The molecule has 84 valence electrons. The molecule has 3 heterocycles. The second kappa shape index (κ2) is 3.99. The Hall–Kier alpha value is -1.20. The van der Waals surface area contributed by atoms with Gasteiger partial charge < -0.3 is 9.72 Å². The molecule has 0 aliphatic carbocycles. The molecule has 5 heteroatoms. The lowest BCUT2D eigenvalue weighted by Gasteiger charge is -2.23. The van der Waals surface area contributed by atoms with Crippen LogP contribution in [0, 0.1) is 4.77 Å². The molecule has 3 rings (SSSR count). The first kappa shape index (κ1) is 9.99. The van der Waals surface area contributed by atoms with Crippen molar-refractivity contribution in [1.29, 1.82) is 0 Å². The Morgan fingerprint density at radius 2 is 2.25 bits per heavy atom. The van der Waals surface area contributed by atoms with Crippen LogP contribution in [0.25, 0.3) is 11.2 Å². The molecule has 1 N–H and O–H groups in total. The van der Waals surface area contributed by atoms with Gasteiger partial charge in [0.25, 0.3) is 0 Å². The summed E-state index contributed by atoms with van der Waals surface area (Å²) in [6.45, 7) is 1.62. The monoisotopic (exact) mass is 235 g/mol. The van der Waals surface area contributed by atoms with E-state index in [2.05, 4.69) is 14.5 Å². The summed E-state index contributed by atoms with van der Waals surface area (Å²) in [6.07, 6.45) is 3.83. The topological polar surface area (TPSA) is 42.8 Å². The van der Waals surface area contributed by atoms with Gasteiger partial charge in [-0.2, -0.15) is 0 Å². The van der Waals surface area contributed by atoms with Crippen molar-refractivity contribution in [3.63, 3.8) is 0 Å².